The molecule has 1 fully saturated rings. The van der Waals surface area contributed by atoms with E-state index in [1.165, 1.54) is 18.3 Å². The van der Waals surface area contributed by atoms with Crippen molar-refractivity contribution in [2.45, 2.75) is 6.18 Å². The Kier molecular flexibility index (Phi) is 4.37. The SMILES string of the molecule is O=S(=O)(Nc1cc(C(F)(F)F)cc2cccnc12)N1CCOCC1. The summed E-state index contributed by atoms with van der Waals surface area (Å²) in [4.78, 5) is 4.00. The summed E-state index contributed by atoms with van der Waals surface area (Å²) in [5, 5.41) is 0.201. The van der Waals surface area contributed by atoms with Crippen LogP contribution in [-0.2, 0) is 21.1 Å². The van der Waals surface area contributed by atoms with Crippen molar-refractivity contribution in [3.8, 4) is 0 Å². The number of alkyl halides is 3. The topological polar surface area (TPSA) is 71.5 Å². The molecule has 0 radical (unpaired) electrons. The number of nitrogens with zero attached hydrogens (tertiary/aromatic N) is 2. The van der Waals surface area contributed by atoms with E-state index < -0.39 is 21.9 Å². The zero-order chi connectivity index (χ0) is 17.4. The third-order valence-corrected chi connectivity index (χ3v) is 5.10. The number of anilines is 1. The van der Waals surface area contributed by atoms with Crippen molar-refractivity contribution in [2.75, 3.05) is 31.0 Å². The van der Waals surface area contributed by atoms with Gasteiger partial charge in [-0.3, -0.25) is 9.71 Å². The van der Waals surface area contributed by atoms with Gasteiger partial charge in [-0.25, -0.2) is 0 Å². The van der Waals surface area contributed by atoms with Crippen LogP contribution >= 0.6 is 0 Å². The van der Waals surface area contributed by atoms with E-state index in [4.69, 9.17) is 4.74 Å². The first kappa shape index (κ1) is 16.9. The molecule has 1 aliphatic heterocycles. The number of hydrogen-bond donors (Lipinski definition) is 1. The minimum absolute atomic E-state index is 0.139. The van der Waals surface area contributed by atoms with Gasteiger partial charge in [-0.15, -0.1) is 0 Å². The smallest absolute Gasteiger partial charge is 0.379 e. The van der Waals surface area contributed by atoms with Gasteiger partial charge < -0.3 is 4.74 Å². The minimum Gasteiger partial charge on any atom is -0.379 e. The summed E-state index contributed by atoms with van der Waals surface area (Å²) < 4.78 is 72.4. The molecule has 3 rings (SSSR count). The van der Waals surface area contributed by atoms with Gasteiger partial charge in [0, 0.05) is 24.7 Å². The number of pyridine rings is 1. The van der Waals surface area contributed by atoms with Crippen LogP contribution in [0.3, 0.4) is 0 Å². The van der Waals surface area contributed by atoms with E-state index in [0.29, 0.717) is 0 Å². The molecule has 1 aromatic heterocycles. The zero-order valence-corrected chi connectivity index (χ0v) is 13.2. The largest absolute Gasteiger partial charge is 0.416 e. The van der Waals surface area contributed by atoms with Crippen LogP contribution in [-0.4, -0.2) is 44.0 Å². The highest BCUT2D eigenvalue weighted by atomic mass is 32.2. The van der Waals surface area contributed by atoms with Gasteiger partial charge in [-0.2, -0.15) is 25.9 Å². The van der Waals surface area contributed by atoms with Gasteiger partial charge in [0.05, 0.1) is 30.0 Å². The molecule has 6 nitrogen and oxygen atoms in total. The Labute approximate surface area is 136 Å². The summed E-state index contributed by atoms with van der Waals surface area (Å²) in [7, 11) is -3.99. The van der Waals surface area contributed by atoms with Crippen molar-refractivity contribution in [1.29, 1.82) is 0 Å². The molecule has 0 amide bonds. The van der Waals surface area contributed by atoms with Crippen molar-refractivity contribution in [3.05, 3.63) is 36.0 Å². The van der Waals surface area contributed by atoms with Crippen molar-refractivity contribution in [2.24, 2.45) is 0 Å². The number of fused-ring (bicyclic) bond motifs is 1. The molecule has 2 aromatic rings. The van der Waals surface area contributed by atoms with E-state index in [9.17, 15) is 21.6 Å². The molecule has 130 valence electrons. The molecule has 24 heavy (non-hydrogen) atoms. The second-order valence-electron chi connectivity index (χ2n) is 5.22. The quantitative estimate of drug-likeness (QED) is 0.910. The minimum atomic E-state index is -4.59. The molecule has 0 unspecified atom stereocenters. The van der Waals surface area contributed by atoms with Crippen LogP contribution in [0.4, 0.5) is 18.9 Å². The van der Waals surface area contributed by atoms with E-state index in [-0.39, 0.29) is 42.9 Å². The third kappa shape index (κ3) is 3.45. The monoisotopic (exact) mass is 361 g/mol. The molecule has 0 bridgehead atoms. The van der Waals surface area contributed by atoms with Crippen molar-refractivity contribution >= 4 is 26.8 Å². The Bertz CT molecular complexity index is 849. The van der Waals surface area contributed by atoms with Crippen LogP contribution in [0.1, 0.15) is 5.56 Å². The van der Waals surface area contributed by atoms with E-state index in [1.54, 1.807) is 0 Å². The summed E-state index contributed by atoms with van der Waals surface area (Å²) in [5.74, 6) is 0. The lowest BCUT2D eigenvalue weighted by atomic mass is 10.1. The van der Waals surface area contributed by atoms with E-state index in [1.807, 2.05) is 0 Å². The van der Waals surface area contributed by atoms with Gasteiger partial charge in [-0.1, -0.05) is 6.07 Å². The van der Waals surface area contributed by atoms with Crippen LogP contribution in [0.5, 0.6) is 0 Å². The summed E-state index contributed by atoms with van der Waals surface area (Å²) in [6.45, 7) is 0.754. The Morgan fingerprint density at radius 1 is 1.21 bits per heavy atom. The summed E-state index contributed by atoms with van der Waals surface area (Å²) in [5.41, 5.74) is -0.989. The van der Waals surface area contributed by atoms with Gasteiger partial charge in [0.1, 0.15) is 0 Å². The number of aromatic nitrogens is 1. The molecule has 1 aromatic carbocycles. The second kappa shape index (κ2) is 6.19. The van der Waals surface area contributed by atoms with Gasteiger partial charge in [0.25, 0.3) is 0 Å². The Hall–Kier alpha value is -1.91. The molecular formula is C14H14F3N3O3S. The van der Waals surface area contributed by atoms with Crippen molar-refractivity contribution in [3.63, 3.8) is 0 Å². The van der Waals surface area contributed by atoms with E-state index in [0.717, 1.165) is 16.4 Å². The fraction of sp³-hybridized carbons (Fsp3) is 0.357. The highest BCUT2D eigenvalue weighted by molar-refractivity contribution is 7.90. The summed E-state index contributed by atoms with van der Waals surface area (Å²) in [6.07, 6.45) is -3.20. The summed E-state index contributed by atoms with van der Waals surface area (Å²) in [6, 6.07) is 4.63. The number of ether oxygens (including phenoxy) is 1. The standard InChI is InChI=1S/C14H14F3N3O3S/c15-14(16,17)11-8-10-2-1-3-18-13(10)12(9-11)19-24(21,22)20-4-6-23-7-5-20/h1-3,8-9,19H,4-7H2. The van der Waals surface area contributed by atoms with Gasteiger partial charge in [-0.05, 0) is 18.2 Å². The van der Waals surface area contributed by atoms with Crippen molar-refractivity contribution in [1.82, 2.24) is 9.29 Å². The van der Waals surface area contributed by atoms with Gasteiger partial charge in [0.15, 0.2) is 0 Å². The maximum atomic E-state index is 13.1. The molecule has 10 heteroatoms. The predicted molar refractivity (Wildman–Crippen MR) is 81.7 cm³/mol. The fourth-order valence-electron chi connectivity index (χ4n) is 2.42. The first-order valence-corrected chi connectivity index (χ1v) is 8.53. The molecule has 1 saturated heterocycles. The average Bonchev–Trinajstić information content (AvgIpc) is 2.54. The third-order valence-electron chi connectivity index (χ3n) is 3.58. The molecular weight excluding hydrogens is 347 g/mol. The van der Waals surface area contributed by atoms with Crippen molar-refractivity contribution < 1.29 is 26.3 Å². The number of hydrogen-bond acceptors (Lipinski definition) is 4. The molecule has 1 aliphatic rings. The molecule has 2 heterocycles. The molecule has 0 atom stereocenters. The van der Waals surface area contributed by atoms with Crippen LogP contribution in [0, 0.1) is 0 Å². The number of halogens is 3. The first-order valence-electron chi connectivity index (χ1n) is 7.09. The van der Waals surface area contributed by atoms with E-state index >= 15 is 0 Å². The number of nitrogens with one attached hydrogen (secondary N) is 1. The molecule has 0 saturated carbocycles. The van der Waals surface area contributed by atoms with Crippen LogP contribution in [0.15, 0.2) is 30.5 Å². The highest BCUT2D eigenvalue weighted by Gasteiger charge is 2.32. The number of rotatable bonds is 3. The maximum Gasteiger partial charge on any atom is 0.416 e. The average molecular weight is 361 g/mol. The molecule has 0 spiro atoms. The van der Waals surface area contributed by atoms with Crippen LogP contribution in [0.2, 0.25) is 0 Å². The van der Waals surface area contributed by atoms with Crippen LogP contribution in [0.25, 0.3) is 10.9 Å². The van der Waals surface area contributed by atoms with Gasteiger partial charge >= 0.3 is 16.4 Å². The summed E-state index contributed by atoms with van der Waals surface area (Å²) >= 11 is 0. The Balaban J connectivity index is 2.04. The van der Waals surface area contributed by atoms with E-state index in [2.05, 4.69) is 9.71 Å². The maximum absolute atomic E-state index is 13.1. The first-order chi connectivity index (χ1) is 11.3. The lowest BCUT2D eigenvalue weighted by Gasteiger charge is -2.26. The number of morpholine rings is 1. The lowest BCUT2D eigenvalue weighted by molar-refractivity contribution is -0.137. The molecule has 0 aliphatic carbocycles. The van der Waals surface area contributed by atoms with Crippen LogP contribution < -0.4 is 4.72 Å². The Morgan fingerprint density at radius 2 is 1.92 bits per heavy atom. The lowest BCUT2D eigenvalue weighted by Crippen LogP contribution is -2.43. The Morgan fingerprint density at radius 3 is 2.58 bits per heavy atom. The number of benzene rings is 1. The second-order valence-corrected chi connectivity index (χ2v) is 6.89. The molecule has 1 N–H and O–H groups in total. The highest BCUT2D eigenvalue weighted by Crippen LogP contribution is 2.35. The van der Waals surface area contributed by atoms with Gasteiger partial charge in [0.2, 0.25) is 0 Å². The fourth-order valence-corrected chi connectivity index (χ4v) is 3.62. The zero-order valence-electron chi connectivity index (χ0n) is 12.4. The predicted octanol–water partition coefficient (Wildman–Crippen LogP) is 2.24. The normalized spacial score (nSPS) is 17.1.